The van der Waals surface area contributed by atoms with Crippen LogP contribution in [-0.4, -0.2) is 37.6 Å². The molecule has 1 aliphatic heterocycles. The lowest BCUT2D eigenvalue weighted by molar-refractivity contribution is 0.0997. The van der Waals surface area contributed by atoms with E-state index in [0.29, 0.717) is 16.7 Å². The Morgan fingerprint density at radius 3 is 2.56 bits per heavy atom. The van der Waals surface area contributed by atoms with Crippen molar-refractivity contribution in [3.05, 3.63) is 57.8 Å². The number of nitrogens with two attached hydrogens (primary N) is 1. The van der Waals surface area contributed by atoms with Gasteiger partial charge in [0.15, 0.2) is 0 Å². The van der Waals surface area contributed by atoms with Crippen molar-refractivity contribution in [3.8, 4) is 5.75 Å². The monoisotopic (exact) mass is 435 g/mol. The minimum absolute atomic E-state index is 0.0983. The van der Waals surface area contributed by atoms with Crippen LogP contribution in [0, 0.1) is 5.82 Å². The topological polar surface area (TPSA) is 67.6 Å². The first-order valence-electron chi connectivity index (χ1n) is 8.90. The summed E-state index contributed by atoms with van der Waals surface area (Å²) < 4.78 is 20.0. The predicted octanol–water partition coefficient (Wildman–Crippen LogP) is 3.94. The lowest BCUT2D eigenvalue weighted by atomic mass is 10.0. The van der Waals surface area contributed by atoms with Gasteiger partial charge in [-0.05, 0) is 55.8 Å². The van der Waals surface area contributed by atoms with Gasteiger partial charge in [0.25, 0.3) is 5.91 Å². The number of ether oxygens (including phenoxy) is 1. The minimum atomic E-state index is -0.787. The third-order valence-electron chi connectivity index (χ3n) is 4.87. The standard InChI is InChI=1S/C20H23BrFN3O2/c1-27-15-6-4-13(5-7-15)18(25-8-2-3-9-25)12-24-17-11-14(21)10-16(22)19(17)20(23)26/h4-7,10-11,18,24H,2-3,8-9,12H2,1H3,(H2,23,26). The highest BCUT2D eigenvalue weighted by Crippen LogP contribution is 2.29. The van der Waals surface area contributed by atoms with E-state index in [2.05, 4.69) is 26.1 Å². The van der Waals surface area contributed by atoms with Gasteiger partial charge in [-0.2, -0.15) is 0 Å². The fourth-order valence-corrected chi connectivity index (χ4v) is 3.94. The molecule has 144 valence electrons. The van der Waals surface area contributed by atoms with E-state index < -0.39 is 11.7 Å². The Bertz CT molecular complexity index is 808. The number of benzene rings is 2. The molecule has 7 heteroatoms. The number of likely N-dealkylation sites (tertiary alicyclic amines) is 1. The van der Waals surface area contributed by atoms with E-state index in [0.717, 1.165) is 37.2 Å². The molecule has 1 heterocycles. The van der Waals surface area contributed by atoms with Gasteiger partial charge in [0, 0.05) is 11.0 Å². The Labute approximate surface area is 166 Å². The highest BCUT2D eigenvalue weighted by Gasteiger charge is 2.24. The molecule has 5 nitrogen and oxygen atoms in total. The van der Waals surface area contributed by atoms with E-state index in [1.165, 1.54) is 6.07 Å². The van der Waals surface area contributed by atoms with Crippen LogP contribution in [0.25, 0.3) is 0 Å². The van der Waals surface area contributed by atoms with E-state index in [9.17, 15) is 9.18 Å². The third kappa shape index (κ3) is 4.59. The van der Waals surface area contributed by atoms with Crippen molar-refractivity contribution in [2.75, 3.05) is 32.1 Å². The molecule has 0 radical (unpaired) electrons. The van der Waals surface area contributed by atoms with Crippen molar-refractivity contribution in [1.82, 2.24) is 4.90 Å². The van der Waals surface area contributed by atoms with Crippen molar-refractivity contribution in [3.63, 3.8) is 0 Å². The molecule has 27 heavy (non-hydrogen) atoms. The Morgan fingerprint density at radius 1 is 1.30 bits per heavy atom. The number of carbonyl (C=O) groups excluding carboxylic acids is 1. The van der Waals surface area contributed by atoms with Crippen LogP contribution in [0.15, 0.2) is 40.9 Å². The smallest absolute Gasteiger partial charge is 0.253 e. The number of hydrogen-bond acceptors (Lipinski definition) is 4. The summed E-state index contributed by atoms with van der Waals surface area (Å²) in [6, 6.07) is 11.0. The molecule has 0 aliphatic carbocycles. The van der Waals surface area contributed by atoms with E-state index in [1.807, 2.05) is 24.3 Å². The van der Waals surface area contributed by atoms with Crippen LogP contribution in [0.1, 0.15) is 34.8 Å². The first kappa shape index (κ1) is 19.6. The first-order chi connectivity index (χ1) is 13.0. The van der Waals surface area contributed by atoms with E-state index in [4.69, 9.17) is 10.5 Å². The van der Waals surface area contributed by atoms with Gasteiger partial charge in [-0.1, -0.05) is 28.1 Å². The van der Waals surface area contributed by atoms with Crippen LogP contribution in [-0.2, 0) is 0 Å². The van der Waals surface area contributed by atoms with E-state index in [1.54, 1.807) is 13.2 Å². The quantitative estimate of drug-likeness (QED) is 0.690. The molecule has 2 aromatic carbocycles. The van der Waals surface area contributed by atoms with Gasteiger partial charge in [0.2, 0.25) is 0 Å². The zero-order chi connectivity index (χ0) is 19.4. The largest absolute Gasteiger partial charge is 0.497 e. The molecule has 1 saturated heterocycles. The highest BCUT2D eigenvalue weighted by molar-refractivity contribution is 9.10. The van der Waals surface area contributed by atoms with Crippen molar-refractivity contribution in [1.29, 1.82) is 0 Å². The average Bonchev–Trinajstić information content (AvgIpc) is 3.16. The number of anilines is 1. The van der Waals surface area contributed by atoms with Crippen LogP contribution < -0.4 is 15.8 Å². The van der Waals surface area contributed by atoms with Gasteiger partial charge < -0.3 is 15.8 Å². The summed E-state index contributed by atoms with van der Waals surface area (Å²) in [4.78, 5) is 14.1. The molecule has 1 fully saturated rings. The van der Waals surface area contributed by atoms with Gasteiger partial charge in [0.05, 0.1) is 24.4 Å². The molecule has 1 amide bonds. The summed E-state index contributed by atoms with van der Waals surface area (Å²) in [6.45, 7) is 2.55. The molecule has 1 atom stereocenters. The van der Waals surface area contributed by atoms with E-state index >= 15 is 0 Å². The maximum atomic E-state index is 14.2. The Morgan fingerprint density at radius 2 is 1.96 bits per heavy atom. The van der Waals surface area contributed by atoms with Gasteiger partial charge in [-0.25, -0.2) is 4.39 Å². The zero-order valence-electron chi connectivity index (χ0n) is 15.2. The van der Waals surface area contributed by atoms with Crippen molar-refractivity contribution in [2.45, 2.75) is 18.9 Å². The maximum absolute atomic E-state index is 14.2. The zero-order valence-corrected chi connectivity index (χ0v) is 16.8. The number of hydrogen-bond donors (Lipinski definition) is 2. The molecule has 0 saturated carbocycles. The summed E-state index contributed by atoms with van der Waals surface area (Å²) in [5.74, 6) is -0.622. The van der Waals surface area contributed by atoms with Crippen LogP contribution in [0.2, 0.25) is 0 Å². The number of carbonyl (C=O) groups is 1. The molecule has 0 bridgehead atoms. The SMILES string of the molecule is COc1ccc(C(CNc2cc(Br)cc(F)c2C(N)=O)N2CCCC2)cc1. The van der Waals surface area contributed by atoms with Gasteiger partial charge in [0.1, 0.15) is 11.6 Å². The van der Waals surface area contributed by atoms with Crippen LogP contribution in [0.4, 0.5) is 10.1 Å². The molecule has 3 rings (SSSR count). The number of amides is 1. The minimum Gasteiger partial charge on any atom is -0.497 e. The molecule has 1 aliphatic rings. The number of halogens is 2. The molecular formula is C20H23BrFN3O2. The number of rotatable bonds is 7. The van der Waals surface area contributed by atoms with Gasteiger partial charge >= 0.3 is 0 Å². The average molecular weight is 436 g/mol. The second kappa shape index (κ2) is 8.71. The maximum Gasteiger partial charge on any atom is 0.253 e. The Hall–Kier alpha value is -2.12. The summed E-state index contributed by atoms with van der Waals surface area (Å²) in [7, 11) is 1.64. The normalized spacial score (nSPS) is 15.5. The van der Waals surface area contributed by atoms with Crippen molar-refractivity contribution >= 4 is 27.5 Å². The molecule has 3 N–H and O–H groups in total. The summed E-state index contributed by atoms with van der Waals surface area (Å²) in [5, 5.41) is 3.24. The Balaban J connectivity index is 1.86. The highest BCUT2D eigenvalue weighted by atomic mass is 79.9. The van der Waals surface area contributed by atoms with Crippen LogP contribution in [0.3, 0.4) is 0 Å². The first-order valence-corrected chi connectivity index (χ1v) is 9.69. The third-order valence-corrected chi connectivity index (χ3v) is 5.33. The van der Waals surface area contributed by atoms with Crippen molar-refractivity contribution in [2.24, 2.45) is 5.73 Å². The fraction of sp³-hybridized carbons (Fsp3) is 0.350. The summed E-state index contributed by atoms with van der Waals surface area (Å²) >= 11 is 3.27. The van der Waals surface area contributed by atoms with Crippen LogP contribution in [0.5, 0.6) is 5.75 Å². The summed E-state index contributed by atoms with van der Waals surface area (Å²) in [6.07, 6.45) is 2.31. The molecule has 1 unspecified atom stereocenters. The molecular weight excluding hydrogens is 413 g/mol. The lowest BCUT2D eigenvalue weighted by Crippen LogP contribution is -2.31. The van der Waals surface area contributed by atoms with Crippen LogP contribution >= 0.6 is 15.9 Å². The predicted molar refractivity (Wildman–Crippen MR) is 108 cm³/mol. The number of primary amides is 1. The summed E-state index contributed by atoms with van der Waals surface area (Å²) in [5.41, 5.74) is 6.80. The lowest BCUT2D eigenvalue weighted by Gasteiger charge is -2.29. The number of nitrogens with one attached hydrogen (secondary N) is 1. The number of methoxy groups -OCH3 is 1. The Kier molecular flexibility index (Phi) is 6.34. The van der Waals surface area contributed by atoms with Crippen molar-refractivity contribution < 1.29 is 13.9 Å². The fourth-order valence-electron chi connectivity index (χ4n) is 3.51. The van der Waals surface area contributed by atoms with E-state index in [-0.39, 0.29) is 11.6 Å². The number of nitrogens with zero attached hydrogens (tertiary/aromatic N) is 1. The van der Waals surface area contributed by atoms with Gasteiger partial charge in [-0.15, -0.1) is 0 Å². The van der Waals surface area contributed by atoms with Gasteiger partial charge in [-0.3, -0.25) is 9.69 Å². The molecule has 2 aromatic rings. The second-order valence-electron chi connectivity index (χ2n) is 6.59. The second-order valence-corrected chi connectivity index (χ2v) is 7.50. The molecule has 0 spiro atoms. The molecule has 0 aromatic heterocycles.